The van der Waals surface area contributed by atoms with Crippen molar-refractivity contribution in [3.8, 4) is 0 Å². The van der Waals surface area contributed by atoms with Gasteiger partial charge in [-0.15, -0.1) is 0 Å². The van der Waals surface area contributed by atoms with E-state index in [1.54, 1.807) is 12.1 Å². The summed E-state index contributed by atoms with van der Waals surface area (Å²) >= 11 is 5.95. The standard InChI is InChI=1S/C20H13ClF4N2O3S/c21-16-6-1-2-7-18(16)27-31(29,30)14-5-3-4-13(11-14)26-19(28)12-8-9-17(22)15(10-12)20(23,24)25/h1-11,27H,(H,26,28). The number of hydrogen-bond donors (Lipinski definition) is 2. The minimum absolute atomic E-state index is 0.00455. The molecule has 0 aliphatic rings. The Balaban J connectivity index is 1.84. The summed E-state index contributed by atoms with van der Waals surface area (Å²) in [5.74, 6) is -2.48. The maximum Gasteiger partial charge on any atom is 0.419 e. The number of carbonyl (C=O) groups is 1. The predicted molar refractivity (Wildman–Crippen MR) is 108 cm³/mol. The zero-order valence-electron chi connectivity index (χ0n) is 15.4. The third-order valence-corrected chi connectivity index (χ3v) is 5.75. The van der Waals surface area contributed by atoms with Crippen molar-refractivity contribution in [1.82, 2.24) is 0 Å². The van der Waals surface area contributed by atoms with Crippen molar-refractivity contribution in [2.75, 3.05) is 10.0 Å². The van der Waals surface area contributed by atoms with Gasteiger partial charge in [0.2, 0.25) is 0 Å². The van der Waals surface area contributed by atoms with E-state index in [4.69, 9.17) is 11.6 Å². The topological polar surface area (TPSA) is 75.3 Å². The van der Waals surface area contributed by atoms with Gasteiger partial charge in [0.25, 0.3) is 15.9 Å². The van der Waals surface area contributed by atoms with Crippen molar-refractivity contribution in [1.29, 1.82) is 0 Å². The van der Waals surface area contributed by atoms with Gasteiger partial charge in [-0.3, -0.25) is 9.52 Å². The summed E-state index contributed by atoms with van der Waals surface area (Å²) < 4.78 is 79.5. The smallest absolute Gasteiger partial charge is 0.322 e. The number of sulfonamides is 1. The fourth-order valence-electron chi connectivity index (χ4n) is 2.58. The monoisotopic (exact) mass is 472 g/mol. The molecule has 3 aromatic rings. The zero-order valence-corrected chi connectivity index (χ0v) is 16.9. The van der Waals surface area contributed by atoms with Crippen LogP contribution < -0.4 is 10.0 Å². The molecule has 0 unspecified atom stereocenters. The minimum atomic E-state index is -4.97. The van der Waals surface area contributed by atoms with E-state index in [1.165, 1.54) is 30.3 Å². The van der Waals surface area contributed by atoms with Crippen LogP contribution in [0.3, 0.4) is 0 Å². The summed E-state index contributed by atoms with van der Waals surface area (Å²) in [5, 5.41) is 2.47. The van der Waals surface area contributed by atoms with Crippen LogP contribution in [0.1, 0.15) is 15.9 Å². The van der Waals surface area contributed by atoms with Gasteiger partial charge in [0.05, 0.1) is 21.2 Å². The molecule has 0 aliphatic carbocycles. The van der Waals surface area contributed by atoms with Crippen LogP contribution in [0, 0.1) is 5.82 Å². The molecular formula is C20H13ClF4N2O3S. The Morgan fingerprint density at radius 1 is 0.935 bits per heavy atom. The van der Waals surface area contributed by atoms with Crippen LogP contribution in [0.2, 0.25) is 5.02 Å². The maximum atomic E-state index is 13.4. The highest BCUT2D eigenvalue weighted by Crippen LogP contribution is 2.32. The fourth-order valence-corrected chi connectivity index (χ4v) is 3.94. The Kier molecular flexibility index (Phi) is 6.23. The van der Waals surface area contributed by atoms with Gasteiger partial charge in [-0.25, -0.2) is 12.8 Å². The summed E-state index contributed by atoms with van der Waals surface area (Å²) in [6.45, 7) is 0. The molecule has 11 heteroatoms. The van der Waals surface area contributed by atoms with Gasteiger partial charge in [-0.05, 0) is 48.5 Å². The van der Waals surface area contributed by atoms with Crippen LogP contribution in [-0.2, 0) is 16.2 Å². The highest BCUT2D eigenvalue weighted by Gasteiger charge is 2.34. The average molecular weight is 473 g/mol. The molecule has 31 heavy (non-hydrogen) atoms. The number of rotatable bonds is 5. The van der Waals surface area contributed by atoms with Crippen LogP contribution in [0.15, 0.2) is 71.6 Å². The second-order valence-electron chi connectivity index (χ2n) is 6.26. The SMILES string of the molecule is O=C(Nc1cccc(S(=O)(=O)Nc2ccccc2Cl)c1)c1ccc(F)c(C(F)(F)F)c1. The van der Waals surface area contributed by atoms with Crippen molar-refractivity contribution in [3.63, 3.8) is 0 Å². The van der Waals surface area contributed by atoms with Crippen LogP contribution in [0.25, 0.3) is 0 Å². The number of alkyl halides is 3. The summed E-state index contributed by atoms with van der Waals surface area (Å²) in [5.41, 5.74) is -1.88. The van der Waals surface area contributed by atoms with Gasteiger partial charge in [0.15, 0.2) is 0 Å². The fraction of sp³-hybridized carbons (Fsp3) is 0.0500. The first kappa shape index (κ1) is 22.6. The number of benzene rings is 3. The lowest BCUT2D eigenvalue weighted by molar-refractivity contribution is -0.140. The van der Waals surface area contributed by atoms with Crippen molar-refractivity contribution in [2.45, 2.75) is 11.1 Å². The molecule has 0 spiro atoms. The van der Waals surface area contributed by atoms with E-state index in [0.717, 1.165) is 12.1 Å². The van der Waals surface area contributed by atoms with Crippen LogP contribution in [0.5, 0.6) is 0 Å². The molecule has 0 fully saturated rings. The van der Waals surface area contributed by atoms with Gasteiger partial charge in [0, 0.05) is 11.3 Å². The number of nitrogens with one attached hydrogen (secondary N) is 2. The molecular weight excluding hydrogens is 460 g/mol. The van der Waals surface area contributed by atoms with Crippen molar-refractivity contribution < 1.29 is 30.8 Å². The highest BCUT2D eigenvalue weighted by atomic mass is 35.5. The molecule has 0 saturated heterocycles. The molecule has 1 amide bonds. The lowest BCUT2D eigenvalue weighted by Crippen LogP contribution is -2.16. The molecule has 5 nitrogen and oxygen atoms in total. The first-order valence-corrected chi connectivity index (χ1v) is 10.4. The molecule has 162 valence electrons. The number of amides is 1. The average Bonchev–Trinajstić information content (AvgIpc) is 2.69. The number of para-hydroxylation sites is 1. The largest absolute Gasteiger partial charge is 0.419 e. The summed E-state index contributed by atoms with van der Waals surface area (Å²) in [6, 6.07) is 13.0. The lowest BCUT2D eigenvalue weighted by Gasteiger charge is -2.12. The molecule has 3 aromatic carbocycles. The predicted octanol–water partition coefficient (Wildman–Crippen LogP) is 5.55. The second-order valence-corrected chi connectivity index (χ2v) is 8.35. The summed E-state index contributed by atoms with van der Waals surface area (Å²) in [7, 11) is -4.07. The highest BCUT2D eigenvalue weighted by molar-refractivity contribution is 7.92. The second kappa shape index (κ2) is 8.56. The quantitative estimate of drug-likeness (QED) is 0.478. The molecule has 0 saturated carbocycles. The first-order chi connectivity index (χ1) is 14.5. The maximum absolute atomic E-state index is 13.4. The van der Waals surface area contributed by atoms with Crippen molar-refractivity contribution in [2.24, 2.45) is 0 Å². The Bertz CT molecular complexity index is 1250. The van der Waals surface area contributed by atoms with E-state index in [9.17, 15) is 30.8 Å². The zero-order chi connectivity index (χ0) is 22.8. The van der Waals surface area contributed by atoms with Crippen LogP contribution in [0.4, 0.5) is 28.9 Å². The minimum Gasteiger partial charge on any atom is -0.322 e. The van der Waals surface area contributed by atoms with E-state index in [1.807, 2.05) is 0 Å². The Morgan fingerprint density at radius 3 is 2.32 bits per heavy atom. The number of hydrogen-bond acceptors (Lipinski definition) is 3. The third kappa shape index (κ3) is 5.33. The molecule has 0 heterocycles. The Labute approximate surface area is 179 Å². The number of anilines is 2. The molecule has 0 aliphatic heterocycles. The Hall–Kier alpha value is -3.11. The number of carbonyl (C=O) groups excluding carboxylic acids is 1. The van der Waals surface area contributed by atoms with Gasteiger partial charge >= 0.3 is 6.18 Å². The molecule has 0 atom stereocenters. The van der Waals surface area contributed by atoms with Gasteiger partial charge in [-0.1, -0.05) is 29.8 Å². The lowest BCUT2D eigenvalue weighted by atomic mass is 10.1. The van der Waals surface area contributed by atoms with Gasteiger partial charge < -0.3 is 5.32 Å². The number of halogens is 5. The van der Waals surface area contributed by atoms with Gasteiger partial charge in [-0.2, -0.15) is 13.2 Å². The van der Waals surface area contributed by atoms with Crippen molar-refractivity contribution in [3.05, 3.63) is 88.7 Å². The molecule has 0 radical (unpaired) electrons. The van der Waals surface area contributed by atoms with E-state index in [0.29, 0.717) is 12.1 Å². The first-order valence-electron chi connectivity index (χ1n) is 8.53. The molecule has 3 rings (SSSR count). The molecule has 0 bridgehead atoms. The van der Waals surface area contributed by atoms with Gasteiger partial charge in [0.1, 0.15) is 5.82 Å². The van der Waals surface area contributed by atoms with E-state index in [2.05, 4.69) is 10.0 Å². The molecule has 2 N–H and O–H groups in total. The molecule has 0 aromatic heterocycles. The summed E-state index contributed by atoms with van der Waals surface area (Å²) in [4.78, 5) is 12.1. The van der Waals surface area contributed by atoms with E-state index >= 15 is 0 Å². The van der Waals surface area contributed by atoms with Crippen LogP contribution >= 0.6 is 11.6 Å². The van der Waals surface area contributed by atoms with Crippen LogP contribution in [-0.4, -0.2) is 14.3 Å². The van der Waals surface area contributed by atoms with Crippen molar-refractivity contribution >= 4 is 38.9 Å². The van der Waals surface area contributed by atoms with E-state index in [-0.39, 0.29) is 21.3 Å². The van der Waals surface area contributed by atoms with E-state index < -0.39 is 39.1 Å². The third-order valence-electron chi connectivity index (χ3n) is 4.05. The Morgan fingerprint density at radius 2 is 1.65 bits per heavy atom. The normalized spacial score (nSPS) is 11.8. The summed E-state index contributed by atoms with van der Waals surface area (Å²) in [6.07, 6.45) is -4.97.